The first-order valence-corrected chi connectivity index (χ1v) is 11.3. The molecular weight excluding hydrogens is 514 g/mol. The molecule has 0 radical (unpaired) electrons. The van der Waals surface area contributed by atoms with Crippen molar-refractivity contribution in [3.8, 4) is 0 Å². The summed E-state index contributed by atoms with van der Waals surface area (Å²) >= 11 is 24.1. The van der Waals surface area contributed by atoms with Gasteiger partial charge < -0.3 is 20.6 Å². The summed E-state index contributed by atoms with van der Waals surface area (Å²) in [6.45, 7) is 1.32. The molecule has 2 amide bonds. The van der Waals surface area contributed by atoms with Crippen LogP contribution in [0.1, 0.15) is 11.1 Å². The molecule has 2 atom stereocenters. The highest BCUT2D eigenvalue weighted by molar-refractivity contribution is 6.43. The Bertz CT molecular complexity index is 1220. The number of fused-ring (bicyclic) bond motifs is 4. The van der Waals surface area contributed by atoms with E-state index < -0.39 is 12.1 Å². The number of amides is 2. The number of guanidine groups is 1. The minimum absolute atomic E-state index is 0.0209. The van der Waals surface area contributed by atoms with Gasteiger partial charge in [-0.2, -0.15) is 0 Å². The van der Waals surface area contributed by atoms with E-state index in [9.17, 15) is 14.7 Å². The smallest absolute Gasteiger partial charge is 0.276 e. The molecule has 172 valence electrons. The van der Waals surface area contributed by atoms with E-state index in [0.717, 1.165) is 11.3 Å². The van der Waals surface area contributed by atoms with Gasteiger partial charge in [0, 0.05) is 23.4 Å². The first-order valence-electron chi connectivity index (χ1n) is 9.81. The van der Waals surface area contributed by atoms with E-state index in [1.54, 1.807) is 18.2 Å². The predicted molar refractivity (Wildman–Crippen MR) is 126 cm³/mol. The highest BCUT2D eigenvalue weighted by Crippen LogP contribution is 2.38. The molecule has 0 aromatic heterocycles. The number of benzene rings is 2. The first-order chi connectivity index (χ1) is 15.7. The van der Waals surface area contributed by atoms with Crippen LogP contribution in [0.3, 0.4) is 0 Å². The number of carbonyl (C=O) groups is 2. The number of anilines is 1. The van der Waals surface area contributed by atoms with Crippen molar-refractivity contribution in [1.29, 1.82) is 0 Å². The number of aliphatic imine (C=N–C) groups is 1. The van der Waals surface area contributed by atoms with Crippen LogP contribution in [0.4, 0.5) is 11.4 Å². The van der Waals surface area contributed by atoms with Crippen molar-refractivity contribution >= 4 is 75.6 Å². The van der Waals surface area contributed by atoms with Crippen LogP contribution in [-0.2, 0) is 22.7 Å². The van der Waals surface area contributed by atoms with Crippen LogP contribution in [0.25, 0.3) is 0 Å². The third-order valence-corrected chi connectivity index (χ3v) is 7.31. The number of nitrogens with zero attached hydrogens (tertiary/aromatic N) is 3. The molecule has 4 N–H and O–H groups in total. The zero-order valence-electron chi connectivity index (χ0n) is 16.7. The maximum absolute atomic E-state index is 11.3. The second-order valence-corrected chi connectivity index (χ2v) is 9.26. The van der Waals surface area contributed by atoms with E-state index in [1.807, 2.05) is 11.0 Å². The van der Waals surface area contributed by atoms with Crippen molar-refractivity contribution in [2.75, 3.05) is 11.9 Å². The van der Waals surface area contributed by atoms with Crippen molar-refractivity contribution in [3.63, 3.8) is 0 Å². The van der Waals surface area contributed by atoms with Gasteiger partial charge in [-0.15, -0.1) is 0 Å². The molecule has 13 heteroatoms. The van der Waals surface area contributed by atoms with Crippen LogP contribution in [0.15, 0.2) is 29.3 Å². The van der Waals surface area contributed by atoms with E-state index in [1.165, 1.54) is 4.90 Å². The molecule has 4 aliphatic heterocycles. The normalized spacial score (nSPS) is 22.6. The molecule has 2 unspecified atom stereocenters. The molecule has 0 aliphatic carbocycles. The maximum Gasteiger partial charge on any atom is 0.276 e. The quantitative estimate of drug-likeness (QED) is 0.418. The fourth-order valence-corrected chi connectivity index (χ4v) is 4.75. The topological polar surface area (TPSA) is 109 Å². The molecule has 33 heavy (non-hydrogen) atoms. The zero-order valence-corrected chi connectivity index (χ0v) is 19.7. The average molecular weight is 530 g/mol. The second kappa shape index (κ2) is 8.50. The number of hydrogen-bond donors (Lipinski definition) is 4. The summed E-state index contributed by atoms with van der Waals surface area (Å²) in [5.74, 6) is -0.125. The third-order valence-electron chi connectivity index (χ3n) is 5.62. The maximum atomic E-state index is 11.3. The molecule has 2 aromatic carbocycles. The van der Waals surface area contributed by atoms with Gasteiger partial charge in [0.25, 0.3) is 5.91 Å². The Balaban J connectivity index is 0.000000139. The molecule has 0 saturated carbocycles. The SMILES string of the molecule is O=C1CN2Cc3c(ccc(Cl)c3Cl)NC2N1.O=C1NC2=Nc3ccc(Cl)c(Cl)c3CN2C1O. The number of halogens is 4. The Morgan fingerprint density at radius 1 is 0.909 bits per heavy atom. The van der Waals surface area contributed by atoms with Crippen LogP contribution in [0.2, 0.25) is 20.1 Å². The highest BCUT2D eigenvalue weighted by atomic mass is 35.5. The summed E-state index contributed by atoms with van der Waals surface area (Å²) in [6.07, 6.45) is -1.35. The van der Waals surface area contributed by atoms with Gasteiger partial charge in [0.1, 0.15) is 0 Å². The fourth-order valence-electron chi connectivity index (χ4n) is 3.95. The molecule has 2 aromatic rings. The van der Waals surface area contributed by atoms with Gasteiger partial charge in [-0.05, 0) is 24.3 Å². The van der Waals surface area contributed by atoms with E-state index >= 15 is 0 Å². The van der Waals surface area contributed by atoms with Crippen LogP contribution >= 0.6 is 46.4 Å². The van der Waals surface area contributed by atoms with E-state index in [4.69, 9.17) is 46.4 Å². The van der Waals surface area contributed by atoms with E-state index in [0.29, 0.717) is 56.9 Å². The number of rotatable bonds is 0. The summed E-state index contributed by atoms with van der Waals surface area (Å²) in [5.41, 5.74) is 3.23. The molecule has 0 spiro atoms. The molecule has 6 rings (SSSR count). The van der Waals surface area contributed by atoms with Crippen LogP contribution in [0.5, 0.6) is 0 Å². The minimum Gasteiger partial charge on any atom is -0.365 e. The van der Waals surface area contributed by atoms with Gasteiger partial charge in [-0.3, -0.25) is 19.8 Å². The second-order valence-electron chi connectivity index (χ2n) is 7.69. The Kier molecular flexibility index (Phi) is 5.80. The largest absolute Gasteiger partial charge is 0.365 e. The van der Waals surface area contributed by atoms with E-state index in [-0.39, 0.29) is 12.2 Å². The lowest BCUT2D eigenvalue weighted by molar-refractivity contribution is -0.130. The van der Waals surface area contributed by atoms with Crippen LogP contribution in [0, 0.1) is 0 Å². The van der Waals surface area contributed by atoms with Gasteiger partial charge in [-0.1, -0.05) is 46.4 Å². The van der Waals surface area contributed by atoms with Crippen molar-refractivity contribution in [2.45, 2.75) is 25.6 Å². The fraction of sp³-hybridized carbons (Fsp3) is 0.250. The highest BCUT2D eigenvalue weighted by Gasteiger charge is 2.38. The summed E-state index contributed by atoms with van der Waals surface area (Å²) in [6, 6.07) is 7.01. The lowest BCUT2D eigenvalue weighted by Crippen LogP contribution is -2.45. The number of aliphatic hydroxyl groups is 1. The summed E-state index contributed by atoms with van der Waals surface area (Å²) in [5, 5.41) is 20.1. The zero-order chi connectivity index (χ0) is 23.4. The Hall–Kier alpha value is -2.27. The molecule has 4 heterocycles. The summed E-state index contributed by atoms with van der Waals surface area (Å²) in [4.78, 5) is 30.2. The van der Waals surface area contributed by atoms with Gasteiger partial charge in [0.05, 0.1) is 38.9 Å². The molecule has 2 saturated heterocycles. The summed E-state index contributed by atoms with van der Waals surface area (Å²) < 4.78 is 0. The predicted octanol–water partition coefficient (Wildman–Crippen LogP) is 2.88. The van der Waals surface area contributed by atoms with Crippen molar-refractivity contribution in [3.05, 3.63) is 55.5 Å². The number of nitrogens with one attached hydrogen (secondary N) is 3. The Labute approximate surface area is 208 Å². The lowest BCUT2D eigenvalue weighted by Gasteiger charge is -2.32. The number of aliphatic hydroxyl groups excluding tert-OH is 1. The number of hydrogen-bond acceptors (Lipinski definition) is 7. The molecule has 0 bridgehead atoms. The van der Waals surface area contributed by atoms with E-state index in [2.05, 4.69) is 20.9 Å². The molecule has 9 nitrogen and oxygen atoms in total. The lowest BCUT2D eigenvalue weighted by atomic mass is 10.1. The summed E-state index contributed by atoms with van der Waals surface area (Å²) in [7, 11) is 0. The third kappa shape index (κ3) is 3.99. The van der Waals surface area contributed by atoms with Crippen molar-refractivity contribution in [2.24, 2.45) is 4.99 Å². The Morgan fingerprint density at radius 3 is 2.36 bits per heavy atom. The standard InChI is InChI=1S/C10H7Cl2N3O2.C10H9Cl2N3O/c11-5-1-2-6-4(7(5)12)3-15-9(17)8(16)14-10(15)13-6;11-6-1-2-7-5(9(6)12)3-15-4-8(16)14-10(15)13-7/h1-2,9,17H,3H2,(H,13,14,16);1-2,10,13H,3-4H2,(H,14,16). The minimum atomic E-state index is -1.23. The monoisotopic (exact) mass is 528 g/mol. The number of carbonyl (C=O) groups excluding carboxylic acids is 2. The van der Waals surface area contributed by atoms with Crippen molar-refractivity contribution < 1.29 is 14.7 Å². The first kappa shape index (κ1) is 22.5. The average Bonchev–Trinajstić information content (AvgIpc) is 3.29. The Morgan fingerprint density at radius 2 is 1.61 bits per heavy atom. The van der Waals surface area contributed by atoms with Gasteiger partial charge in [0.2, 0.25) is 18.1 Å². The molecule has 4 aliphatic rings. The van der Waals surface area contributed by atoms with Gasteiger partial charge in [-0.25, -0.2) is 4.99 Å². The van der Waals surface area contributed by atoms with Crippen LogP contribution in [-0.4, -0.2) is 51.7 Å². The van der Waals surface area contributed by atoms with Crippen molar-refractivity contribution in [1.82, 2.24) is 20.4 Å². The van der Waals surface area contributed by atoms with Crippen LogP contribution < -0.4 is 16.0 Å². The molecular formula is C20H16Cl4N6O3. The van der Waals surface area contributed by atoms with Gasteiger partial charge >= 0.3 is 0 Å². The molecule has 2 fully saturated rings. The van der Waals surface area contributed by atoms with Gasteiger partial charge in [0.15, 0.2) is 6.29 Å².